The van der Waals surface area contributed by atoms with Gasteiger partial charge in [0.15, 0.2) is 0 Å². The molecular weight excluding hydrogens is 410 g/mol. The predicted molar refractivity (Wildman–Crippen MR) is 105 cm³/mol. The molecule has 0 radical (unpaired) electrons. The highest BCUT2D eigenvalue weighted by molar-refractivity contribution is 6.18. The van der Waals surface area contributed by atoms with Gasteiger partial charge in [0.25, 0.3) is 5.91 Å². The van der Waals surface area contributed by atoms with Crippen LogP contribution in [0.15, 0.2) is 37.3 Å². The van der Waals surface area contributed by atoms with Gasteiger partial charge < -0.3 is 16.0 Å². The molecule has 0 aliphatic rings. The monoisotopic (exact) mass is 426 g/mol. The second-order valence-corrected chi connectivity index (χ2v) is 6.56. The van der Waals surface area contributed by atoms with E-state index in [-0.39, 0.29) is 10.9 Å². The number of carbonyl (C=O) groups is 2. The number of nitrogens with two attached hydrogens (primary N) is 1. The maximum atomic E-state index is 14.7. The number of nitrogens with one attached hydrogen (secondary N) is 2. The van der Waals surface area contributed by atoms with E-state index in [4.69, 9.17) is 5.73 Å². The summed E-state index contributed by atoms with van der Waals surface area (Å²) in [5.41, 5.74) is 3.92. The lowest BCUT2D eigenvalue weighted by Gasteiger charge is -2.09. The number of aromatic amines is 1. The summed E-state index contributed by atoms with van der Waals surface area (Å²) in [6.45, 7) is 1.08. The van der Waals surface area contributed by atoms with Gasteiger partial charge in [-0.3, -0.25) is 14.3 Å². The summed E-state index contributed by atoms with van der Waals surface area (Å²) < 4.78 is 30.7. The van der Waals surface area contributed by atoms with Gasteiger partial charge in [0.1, 0.15) is 42.1 Å². The molecule has 10 nitrogen and oxygen atoms in total. The number of halogens is 2. The number of ketones is 1. The van der Waals surface area contributed by atoms with Gasteiger partial charge in [-0.1, -0.05) is 0 Å². The van der Waals surface area contributed by atoms with Crippen LogP contribution in [0.25, 0.3) is 11.0 Å². The number of aryl methyl sites for hydroxylation is 1. The molecule has 12 heteroatoms. The molecule has 0 spiro atoms. The van der Waals surface area contributed by atoms with Crippen molar-refractivity contribution in [2.45, 2.75) is 13.0 Å². The van der Waals surface area contributed by atoms with E-state index in [0.717, 1.165) is 12.1 Å². The number of carbonyl (C=O) groups excluding carboxylic acids is 2. The van der Waals surface area contributed by atoms with Crippen molar-refractivity contribution in [3.8, 4) is 0 Å². The summed E-state index contributed by atoms with van der Waals surface area (Å²) in [4.78, 5) is 39.3. The van der Waals surface area contributed by atoms with Gasteiger partial charge in [0, 0.05) is 19.3 Å². The fraction of sp³-hybridized carbons (Fsp3) is 0.158. The molecule has 3 heterocycles. The summed E-state index contributed by atoms with van der Waals surface area (Å²) >= 11 is 0. The van der Waals surface area contributed by atoms with Crippen LogP contribution in [-0.2, 0) is 6.54 Å². The minimum absolute atomic E-state index is 0.0474. The summed E-state index contributed by atoms with van der Waals surface area (Å²) in [5.74, 6) is -4.18. The van der Waals surface area contributed by atoms with Crippen LogP contribution in [0.2, 0.25) is 0 Å². The number of hydrogen-bond donors (Lipinski definition) is 3. The Balaban J connectivity index is 1.65. The summed E-state index contributed by atoms with van der Waals surface area (Å²) in [6.07, 6.45) is 6.28. The van der Waals surface area contributed by atoms with E-state index in [1.54, 1.807) is 11.0 Å². The van der Waals surface area contributed by atoms with E-state index in [1.807, 2.05) is 0 Å². The predicted octanol–water partition coefficient (Wildman–Crippen LogP) is 1.66. The molecule has 4 N–H and O–H groups in total. The first-order valence-electron chi connectivity index (χ1n) is 9.18. The van der Waals surface area contributed by atoms with Crippen molar-refractivity contribution in [1.82, 2.24) is 29.7 Å². The number of anilines is 1. The first-order chi connectivity index (χ1) is 15.0. The molecule has 0 atom stereocenters. The van der Waals surface area contributed by atoms with Crippen LogP contribution in [0.3, 0.4) is 0 Å². The molecule has 1 amide bonds. The first-order valence-corrected chi connectivity index (χ1v) is 9.18. The number of hydrogen-bond acceptors (Lipinski definition) is 7. The molecule has 0 fully saturated rings. The molecule has 0 bridgehead atoms. The standard InChI is InChI=1S/C19H16F2N8O2/c20-12-3-2-10(17(22)31)15(21)14(12)16(30)11-6-25-19-13(11)18(26-8-27-19)24-4-1-5-29-9-23-7-28-29/h2-3,6-9H,1,4-5H2,(H2,22,31)(H2,24,25,26,27). The Morgan fingerprint density at radius 1 is 1.16 bits per heavy atom. The minimum Gasteiger partial charge on any atom is -0.369 e. The lowest BCUT2D eigenvalue weighted by Crippen LogP contribution is -2.17. The highest BCUT2D eigenvalue weighted by Crippen LogP contribution is 2.28. The van der Waals surface area contributed by atoms with Crippen LogP contribution in [0.5, 0.6) is 0 Å². The number of amides is 1. The normalized spacial score (nSPS) is 11.0. The van der Waals surface area contributed by atoms with Crippen molar-refractivity contribution >= 4 is 28.5 Å². The minimum atomic E-state index is -1.31. The Morgan fingerprint density at radius 2 is 2.00 bits per heavy atom. The number of rotatable bonds is 8. The molecule has 0 aliphatic heterocycles. The quantitative estimate of drug-likeness (QED) is 0.287. The molecule has 4 rings (SSSR count). The van der Waals surface area contributed by atoms with E-state index in [0.29, 0.717) is 31.0 Å². The molecule has 0 aliphatic carbocycles. The Hall–Kier alpha value is -4.22. The molecule has 4 aromatic rings. The Bertz CT molecular complexity index is 1270. The van der Waals surface area contributed by atoms with Crippen molar-refractivity contribution in [3.63, 3.8) is 0 Å². The van der Waals surface area contributed by atoms with Crippen molar-refractivity contribution < 1.29 is 18.4 Å². The second-order valence-electron chi connectivity index (χ2n) is 6.56. The van der Waals surface area contributed by atoms with Crippen LogP contribution < -0.4 is 11.1 Å². The SMILES string of the molecule is NC(=O)c1ccc(F)c(C(=O)c2c[nH]c3ncnc(NCCCn4cncn4)c23)c1F. The van der Waals surface area contributed by atoms with Crippen molar-refractivity contribution in [1.29, 1.82) is 0 Å². The van der Waals surface area contributed by atoms with Gasteiger partial charge in [-0.25, -0.2) is 23.7 Å². The average molecular weight is 426 g/mol. The Labute approximate surface area is 173 Å². The smallest absolute Gasteiger partial charge is 0.251 e. The number of H-pyrrole nitrogens is 1. The van der Waals surface area contributed by atoms with Crippen LogP contribution >= 0.6 is 0 Å². The highest BCUT2D eigenvalue weighted by atomic mass is 19.1. The zero-order chi connectivity index (χ0) is 22.0. The number of fused-ring (bicyclic) bond motifs is 1. The average Bonchev–Trinajstić information content (AvgIpc) is 3.41. The number of aromatic nitrogens is 6. The van der Waals surface area contributed by atoms with Gasteiger partial charge in [-0.05, 0) is 18.6 Å². The summed E-state index contributed by atoms with van der Waals surface area (Å²) in [7, 11) is 0. The number of primary amides is 1. The lowest BCUT2D eigenvalue weighted by atomic mass is 9.99. The second kappa shape index (κ2) is 8.26. The molecule has 1 aromatic carbocycles. The van der Waals surface area contributed by atoms with E-state index >= 15 is 0 Å². The Morgan fingerprint density at radius 3 is 2.74 bits per heavy atom. The molecule has 0 saturated heterocycles. The molecule has 3 aromatic heterocycles. The fourth-order valence-corrected chi connectivity index (χ4v) is 3.16. The molecule has 0 saturated carbocycles. The first kappa shape index (κ1) is 20.1. The maximum Gasteiger partial charge on any atom is 0.251 e. The number of benzene rings is 1. The fourth-order valence-electron chi connectivity index (χ4n) is 3.16. The van der Waals surface area contributed by atoms with Gasteiger partial charge >= 0.3 is 0 Å². The summed E-state index contributed by atoms with van der Waals surface area (Å²) in [5, 5.41) is 7.38. The largest absolute Gasteiger partial charge is 0.369 e. The molecule has 158 valence electrons. The number of nitrogens with zero attached hydrogens (tertiary/aromatic N) is 5. The lowest BCUT2D eigenvalue weighted by molar-refractivity contribution is 0.0996. The van der Waals surface area contributed by atoms with Gasteiger partial charge in [0.05, 0.1) is 22.1 Å². The van der Waals surface area contributed by atoms with Crippen LogP contribution in [0, 0.1) is 11.6 Å². The maximum absolute atomic E-state index is 14.7. The van der Waals surface area contributed by atoms with Crippen molar-refractivity contribution in [3.05, 3.63) is 65.6 Å². The van der Waals surface area contributed by atoms with E-state index < -0.39 is 34.5 Å². The van der Waals surface area contributed by atoms with Crippen LogP contribution in [0.1, 0.15) is 32.7 Å². The Kier molecular flexibility index (Phi) is 5.35. The molecule has 0 unspecified atom stereocenters. The third-order valence-corrected chi connectivity index (χ3v) is 4.62. The van der Waals surface area contributed by atoms with Crippen LogP contribution in [0.4, 0.5) is 14.6 Å². The van der Waals surface area contributed by atoms with Crippen molar-refractivity contribution in [2.24, 2.45) is 5.73 Å². The van der Waals surface area contributed by atoms with Gasteiger partial charge in [-0.15, -0.1) is 0 Å². The van der Waals surface area contributed by atoms with E-state index in [1.165, 1.54) is 18.9 Å². The highest BCUT2D eigenvalue weighted by Gasteiger charge is 2.26. The summed E-state index contributed by atoms with van der Waals surface area (Å²) in [6, 6.07) is 1.72. The third kappa shape index (κ3) is 3.82. The van der Waals surface area contributed by atoms with Gasteiger partial charge in [-0.2, -0.15) is 5.10 Å². The van der Waals surface area contributed by atoms with Crippen molar-refractivity contribution in [2.75, 3.05) is 11.9 Å². The zero-order valence-electron chi connectivity index (χ0n) is 16.0. The topological polar surface area (TPSA) is 144 Å². The zero-order valence-corrected chi connectivity index (χ0v) is 16.0. The molecule has 31 heavy (non-hydrogen) atoms. The molecular formula is C19H16F2N8O2. The third-order valence-electron chi connectivity index (χ3n) is 4.62. The van der Waals surface area contributed by atoms with Gasteiger partial charge in [0.2, 0.25) is 5.78 Å². The van der Waals surface area contributed by atoms with Crippen LogP contribution in [-0.4, -0.2) is 48.0 Å². The van der Waals surface area contributed by atoms with E-state index in [2.05, 4.69) is 30.4 Å². The van der Waals surface area contributed by atoms with E-state index in [9.17, 15) is 18.4 Å².